The highest BCUT2D eigenvalue weighted by Crippen LogP contribution is 2.07. The molecule has 1 saturated heterocycles. The number of aromatic nitrogens is 4. The summed E-state index contributed by atoms with van der Waals surface area (Å²) in [5, 5.41) is 10.2. The predicted molar refractivity (Wildman–Crippen MR) is 59.1 cm³/mol. The minimum Gasteiger partial charge on any atom is -0.303 e. The van der Waals surface area contributed by atoms with Gasteiger partial charge >= 0.3 is 0 Å². The molecule has 0 amide bonds. The summed E-state index contributed by atoms with van der Waals surface area (Å²) in [5.74, 6) is 0. The summed E-state index contributed by atoms with van der Waals surface area (Å²) in [4.78, 5) is 4.68. The number of hydrogen-bond donors (Lipinski definition) is 1. The Bertz CT molecular complexity index is 371. The molecule has 1 atom stereocenters. The quantitative estimate of drug-likeness (QED) is 0.697. The molecule has 1 aliphatic heterocycles. The largest absolute Gasteiger partial charge is 0.303 e. The molecule has 1 unspecified atom stereocenters. The Morgan fingerprint density at radius 2 is 2.27 bits per heavy atom. The molecule has 84 valence electrons. The van der Waals surface area contributed by atoms with Crippen molar-refractivity contribution in [3.8, 4) is 0 Å². The molecule has 0 spiro atoms. The van der Waals surface area contributed by atoms with Crippen LogP contribution in [0.2, 0.25) is 0 Å². The van der Waals surface area contributed by atoms with Gasteiger partial charge < -0.3 is 4.90 Å². The fraction of sp³-hybridized carbons (Fsp3) is 0.875. The Balaban J connectivity index is 2.04. The van der Waals surface area contributed by atoms with Crippen LogP contribution in [-0.2, 0) is 6.54 Å². The first-order valence-electron chi connectivity index (χ1n) is 5.03. The van der Waals surface area contributed by atoms with E-state index in [2.05, 4.69) is 39.4 Å². The lowest BCUT2D eigenvalue weighted by atomic mass is 10.2. The lowest BCUT2D eigenvalue weighted by Gasteiger charge is -2.37. The third-order valence-corrected chi connectivity index (χ3v) is 3.21. The van der Waals surface area contributed by atoms with E-state index < -0.39 is 0 Å². The van der Waals surface area contributed by atoms with Crippen molar-refractivity contribution in [2.24, 2.45) is 0 Å². The first kappa shape index (κ1) is 10.7. The van der Waals surface area contributed by atoms with Gasteiger partial charge in [0.2, 0.25) is 4.77 Å². The molecule has 0 saturated carbocycles. The Morgan fingerprint density at radius 3 is 2.93 bits per heavy atom. The van der Waals surface area contributed by atoms with E-state index in [0.29, 0.717) is 10.8 Å². The lowest BCUT2D eigenvalue weighted by Crippen LogP contribution is -2.51. The van der Waals surface area contributed by atoms with Crippen LogP contribution in [0, 0.1) is 4.77 Å². The fourth-order valence-electron chi connectivity index (χ4n) is 1.84. The van der Waals surface area contributed by atoms with E-state index in [1.807, 2.05) is 4.68 Å². The molecule has 2 heterocycles. The Labute approximate surface area is 93.8 Å². The van der Waals surface area contributed by atoms with Gasteiger partial charge in [-0.2, -0.15) is 5.21 Å². The maximum Gasteiger partial charge on any atom is 0.238 e. The molecule has 1 aromatic rings. The van der Waals surface area contributed by atoms with Gasteiger partial charge in [-0.15, -0.1) is 0 Å². The van der Waals surface area contributed by atoms with Gasteiger partial charge in [-0.25, -0.2) is 4.68 Å². The first-order valence-corrected chi connectivity index (χ1v) is 5.44. The van der Waals surface area contributed by atoms with Crippen molar-refractivity contribution in [2.75, 3.05) is 33.7 Å². The van der Waals surface area contributed by atoms with Crippen LogP contribution in [-0.4, -0.2) is 69.8 Å². The Morgan fingerprint density at radius 1 is 1.47 bits per heavy atom. The van der Waals surface area contributed by atoms with Gasteiger partial charge in [0.25, 0.3) is 0 Å². The van der Waals surface area contributed by atoms with Crippen LogP contribution < -0.4 is 0 Å². The number of hydrogen-bond acceptors (Lipinski definition) is 5. The molecule has 1 aromatic heterocycles. The summed E-state index contributed by atoms with van der Waals surface area (Å²) in [6, 6.07) is 0.470. The molecule has 0 radical (unpaired) electrons. The highest BCUT2D eigenvalue weighted by molar-refractivity contribution is 7.71. The Hall–Kier alpha value is -0.790. The average Bonchev–Trinajstić information content (AvgIpc) is 2.58. The maximum absolute atomic E-state index is 5.05. The highest BCUT2D eigenvalue weighted by atomic mass is 32.1. The number of rotatable bonds is 2. The number of H-pyrrole nitrogens is 1. The molecule has 0 bridgehead atoms. The SMILES string of the molecule is CN1CCN(C)C(Cn2[nH]nnc2=S)C1. The van der Waals surface area contributed by atoms with Crippen LogP contribution in [0.1, 0.15) is 0 Å². The third-order valence-electron chi connectivity index (χ3n) is 2.91. The zero-order valence-electron chi connectivity index (χ0n) is 9.05. The molecule has 0 aliphatic carbocycles. The summed E-state index contributed by atoms with van der Waals surface area (Å²) in [7, 11) is 4.29. The summed E-state index contributed by atoms with van der Waals surface area (Å²) < 4.78 is 2.34. The van der Waals surface area contributed by atoms with Gasteiger partial charge in [-0.1, -0.05) is 10.3 Å². The Kier molecular flexibility index (Phi) is 3.13. The lowest BCUT2D eigenvalue weighted by molar-refractivity contribution is 0.0998. The summed E-state index contributed by atoms with van der Waals surface area (Å²) in [5.41, 5.74) is 0. The van der Waals surface area contributed by atoms with E-state index in [1.165, 1.54) is 0 Å². The van der Waals surface area contributed by atoms with Gasteiger partial charge in [0.1, 0.15) is 0 Å². The van der Waals surface area contributed by atoms with Crippen LogP contribution in [0.4, 0.5) is 0 Å². The van der Waals surface area contributed by atoms with E-state index in [9.17, 15) is 0 Å². The number of nitrogens with zero attached hydrogens (tertiary/aromatic N) is 5. The van der Waals surface area contributed by atoms with Crippen LogP contribution in [0.15, 0.2) is 0 Å². The number of nitrogens with one attached hydrogen (secondary N) is 1. The molecule has 15 heavy (non-hydrogen) atoms. The van der Waals surface area contributed by atoms with Crippen LogP contribution >= 0.6 is 12.2 Å². The van der Waals surface area contributed by atoms with Crippen molar-refractivity contribution in [1.29, 1.82) is 0 Å². The zero-order chi connectivity index (χ0) is 10.8. The van der Waals surface area contributed by atoms with Crippen LogP contribution in [0.3, 0.4) is 0 Å². The molecule has 1 aliphatic rings. The minimum absolute atomic E-state index is 0.470. The molecular formula is C8H16N6S. The van der Waals surface area contributed by atoms with Crippen molar-refractivity contribution in [2.45, 2.75) is 12.6 Å². The van der Waals surface area contributed by atoms with Gasteiger partial charge in [0.15, 0.2) is 0 Å². The molecule has 6 nitrogen and oxygen atoms in total. The third kappa shape index (κ3) is 2.42. The second-order valence-electron chi connectivity index (χ2n) is 4.09. The summed E-state index contributed by atoms with van der Waals surface area (Å²) in [6.07, 6.45) is 0. The summed E-state index contributed by atoms with van der Waals surface area (Å²) in [6.45, 7) is 4.10. The standard InChI is InChI=1S/C8H16N6S/c1-12-3-4-13(2)7(5-12)6-14-8(15)9-10-11-14/h7H,3-6H2,1-2H3,(H,9,11,15). The van der Waals surface area contributed by atoms with Gasteiger partial charge in [-0.3, -0.25) is 4.90 Å². The molecule has 1 N–H and O–H groups in total. The molecule has 7 heteroatoms. The van der Waals surface area contributed by atoms with E-state index in [0.717, 1.165) is 26.2 Å². The second kappa shape index (κ2) is 4.38. The fourth-order valence-corrected chi connectivity index (χ4v) is 2.00. The van der Waals surface area contributed by atoms with Crippen LogP contribution in [0.25, 0.3) is 0 Å². The normalized spacial score (nSPS) is 24.5. The molecule has 1 fully saturated rings. The molecule has 0 aromatic carbocycles. The van der Waals surface area contributed by atoms with Crippen molar-refractivity contribution in [3.63, 3.8) is 0 Å². The van der Waals surface area contributed by atoms with Gasteiger partial charge in [0.05, 0.1) is 6.54 Å². The van der Waals surface area contributed by atoms with Crippen molar-refractivity contribution in [3.05, 3.63) is 4.77 Å². The minimum atomic E-state index is 0.470. The number of piperazine rings is 1. The predicted octanol–water partition coefficient (Wildman–Crippen LogP) is -0.419. The van der Waals surface area contributed by atoms with E-state index in [4.69, 9.17) is 12.2 Å². The van der Waals surface area contributed by atoms with E-state index in [-0.39, 0.29) is 0 Å². The smallest absolute Gasteiger partial charge is 0.238 e. The molecule has 2 rings (SSSR count). The number of tetrazole rings is 1. The monoisotopic (exact) mass is 228 g/mol. The van der Waals surface area contributed by atoms with Crippen molar-refractivity contribution in [1.82, 2.24) is 30.0 Å². The number of likely N-dealkylation sites (N-methyl/N-ethyl adjacent to an activating group) is 2. The summed E-state index contributed by atoms with van der Waals surface area (Å²) >= 11 is 5.05. The average molecular weight is 228 g/mol. The number of aromatic amines is 1. The van der Waals surface area contributed by atoms with Gasteiger partial charge in [-0.05, 0) is 26.3 Å². The topological polar surface area (TPSA) is 53.0 Å². The first-order chi connectivity index (χ1) is 7.16. The van der Waals surface area contributed by atoms with E-state index >= 15 is 0 Å². The zero-order valence-corrected chi connectivity index (χ0v) is 9.87. The van der Waals surface area contributed by atoms with Crippen LogP contribution in [0.5, 0.6) is 0 Å². The highest BCUT2D eigenvalue weighted by Gasteiger charge is 2.22. The van der Waals surface area contributed by atoms with E-state index in [1.54, 1.807) is 0 Å². The van der Waals surface area contributed by atoms with Gasteiger partial charge in [0, 0.05) is 25.7 Å². The van der Waals surface area contributed by atoms with Crippen molar-refractivity contribution >= 4 is 12.2 Å². The molecular weight excluding hydrogens is 212 g/mol. The van der Waals surface area contributed by atoms with Crippen molar-refractivity contribution < 1.29 is 0 Å². The second-order valence-corrected chi connectivity index (χ2v) is 4.46. The maximum atomic E-state index is 5.05.